The van der Waals surface area contributed by atoms with Crippen LogP contribution in [0.1, 0.15) is 47.7 Å². The fourth-order valence-electron chi connectivity index (χ4n) is 3.82. The van der Waals surface area contributed by atoms with E-state index in [2.05, 4.69) is 15.4 Å². The van der Waals surface area contributed by atoms with Crippen molar-refractivity contribution in [2.75, 3.05) is 0 Å². The van der Waals surface area contributed by atoms with Gasteiger partial charge in [0.25, 0.3) is 5.91 Å². The zero-order chi connectivity index (χ0) is 19.7. The Morgan fingerprint density at radius 3 is 2.18 bits per heavy atom. The Labute approximate surface area is 161 Å². The van der Waals surface area contributed by atoms with Crippen LogP contribution in [0.5, 0.6) is 0 Å². The summed E-state index contributed by atoms with van der Waals surface area (Å²) in [7, 11) is 0. The van der Waals surface area contributed by atoms with Gasteiger partial charge in [0.05, 0.1) is 11.2 Å². The minimum atomic E-state index is -0.542. The second-order valence-corrected chi connectivity index (χ2v) is 7.12. The van der Waals surface area contributed by atoms with Gasteiger partial charge >= 0.3 is 0 Å². The summed E-state index contributed by atoms with van der Waals surface area (Å²) in [6.07, 6.45) is 3.52. The molecule has 1 aliphatic rings. The van der Waals surface area contributed by atoms with Gasteiger partial charge < -0.3 is 5.32 Å². The molecule has 4 rings (SSSR count). The van der Waals surface area contributed by atoms with Crippen LogP contribution < -0.4 is 5.32 Å². The van der Waals surface area contributed by atoms with Gasteiger partial charge in [-0.3, -0.25) is 4.79 Å². The molecule has 1 fully saturated rings. The number of rotatable bonds is 4. The van der Waals surface area contributed by atoms with Crippen LogP contribution in [0.2, 0.25) is 0 Å². The normalized spacial score (nSPS) is 15.5. The summed E-state index contributed by atoms with van der Waals surface area (Å²) in [6, 6.07) is 12.1. The van der Waals surface area contributed by atoms with Crippen molar-refractivity contribution in [3.8, 4) is 5.69 Å². The summed E-state index contributed by atoms with van der Waals surface area (Å²) in [5.41, 5.74) is 0.967. The molecule has 1 amide bonds. The van der Waals surface area contributed by atoms with E-state index in [4.69, 9.17) is 0 Å². The Hall–Kier alpha value is -3.09. The highest BCUT2D eigenvalue weighted by molar-refractivity contribution is 5.91. The maximum absolute atomic E-state index is 13.3. The quantitative estimate of drug-likeness (QED) is 0.740. The highest BCUT2D eigenvalue weighted by atomic mass is 19.1. The third-order valence-corrected chi connectivity index (χ3v) is 5.25. The molecule has 0 spiro atoms. The molecule has 0 atom stereocenters. The third kappa shape index (κ3) is 3.40. The molecular formula is C21H20F2N4O. The smallest absolute Gasteiger partial charge is 0.291 e. The van der Waals surface area contributed by atoms with Crippen molar-refractivity contribution < 1.29 is 13.6 Å². The van der Waals surface area contributed by atoms with Gasteiger partial charge in [0.1, 0.15) is 17.5 Å². The first-order valence-electron chi connectivity index (χ1n) is 9.25. The van der Waals surface area contributed by atoms with Crippen molar-refractivity contribution in [3.63, 3.8) is 0 Å². The van der Waals surface area contributed by atoms with Crippen LogP contribution in [0.15, 0.2) is 48.5 Å². The van der Waals surface area contributed by atoms with E-state index in [0.29, 0.717) is 11.5 Å². The molecule has 1 N–H and O–H groups in total. The van der Waals surface area contributed by atoms with Crippen LogP contribution >= 0.6 is 0 Å². The second kappa shape index (κ2) is 7.14. The lowest BCUT2D eigenvalue weighted by Crippen LogP contribution is -2.44. The van der Waals surface area contributed by atoms with E-state index in [9.17, 15) is 13.6 Å². The zero-order valence-electron chi connectivity index (χ0n) is 15.5. The van der Waals surface area contributed by atoms with E-state index in [-0.39, 0.29) is 23.4 Å². The van der Waals surface area contributed by atoms with Gasteiger partial charge in [-0.1, -0.05) is 25.0 Å². The van der Waals surface area contributed by atoms with Crippen molar-refractivity contribution in [3.05, 3.63) is 77.4 Å². The van der Waals surface area contributed by atoms with E-state index in [0.717, 1.165) is 31.2 Å². The number of hydrogen-bond acceptors (Lipinski definition) is 3. The number of carbonyl (C=O) groups is 1. The molecule has 0 bridgehead atoms. The number of nitrogens with zero attached hydrogens (tertiary/aromatic N) is 3. The van der Waals surface area contributed by atoms with Crippen LogP contribution in [0.3, 0.4) is 0 Å². The summed E-state index contributed by atoms with van der Waals surface area (Å²) in [4.78, 5) is 17.2. The predicted octanol–water partition coefficient (Wildman–Crippen LogP) is 4.05. The maximum atomic E-state index is 13.3. The van der Waals surface area contributed by atoms with E-state index >= 15 is 0 Å². The van der Waals surface area contributed by atoms with Crippen LogP contribution in [0, 0.1) is 18.6 Å². The topological polar surface area (TPSA) is 59.8 Å². The van der Waals surface area contributed by atoms with E-state index < -0.39 is 5.54 Å². The Balaban J connectivity index is 1.61. The van der Waals surface area contributed by atoms with E-state index in [1.807, 2.05) is 0 Å². The number of aromatic nitrogens is 3. The lowest BCUT2D eigenvalue weighted by atomic mass is 9.88. The number of hydrogen-bond donors (Lipinski definition) is 1. The minimum absolute atomic E-state index is 0.0511. The average Bonchev–Trinajstić information content (AvgIpc) is 3.31. The summed E-state index contributed by atoms with van der Waals surface area (Å²) in [6.45, 7) is 1.73. The molecule has 5 nitrogen and oxygen atoms in total. The van der Waals surface area contributed by atoms with Crippen molar-refractivity contribution in [2.45, 2.75) is 38.1 Å². The van der Waals surface area contributed by atoms with Crippen molar-refractivity contribution in [2.24, 2.45) is 0 Å². The van der Waals surface area contributed by atoms with Gasteiger partial charge in [-0.05, 0) is 61.7 Å². The summed E-state index contributed by atoms with van der Waals surface area (Å²) in [5, 5.41) is 7.39. The van der Waals surface area contributed by atoms with Crippen LogP contribution in [0.25, 0.3) is 5.69 Å². The SMILES string of the molecule is Cc1nc(C(=O)NC2(c3ccc(F)cc3)CCCC2)nn1-c1ccc(F)cc1. The van der Waals surface area contributed by atoms with Crippen molar-refractivity contribution in [1.82, 2.24) is 20.1 Å². The number of carbonyl (C=O) groups excluding carboxylic acids is 1. The Morgan fingerprint density at radius 1 is 1.00 bits per heavy atom. The maximum Gasteiger partial charge on any atom is 0.291 e. The standard InChI is InChI=1S/C21H20F2N4O/c1-14-24-19(26-27(14)18-10-8-17(23)9-11-18)20(28)25-21(12-2-3-13-21)15-4-6-16(22)7-5-15/h4-11H,2-3,12-13H2,1H3,(H,25,28). The molecule has 1 aliphatic carbocycles. The number of amides is 1. The van der Waals surface area contributed by atoms with Crippen molar-refractivity contribution >= 4 is 5.91 Å². The molecular weight excluding hydrogens is 362 g/mol. The highest BCUT2D eigenvalue weighted by Crippen LogP contribution is 2.39. The molecule has 1 aromatic heterocycles. The minimum Gasteiger partial charge on any atom is -0.340 e. The number of aryl methyl sites for hydroxylation is 1. The Kier molecular flexibility index (Phi) is 4.66. The van der Waals surface area contributed by atoms with Gasteiger partial charge in [0.15, 0.2) is 0 Å². The number of halogens is 2. The molecule has 0 saturated heterocycles. The molecule has 3 aromatic rings. The Bertz CT molecular complexity index is 990. The molecule has 0 radical (unpaired) electrons. The largest absolute Gasteiger partial charge is 0.340 e. The fourth-order valence-corrected chi connectivity index (χ4v) is 3.82. The molecule has 28 heavy (non-hydrogen) atoms. The van der Waals surface area contributed by atoms with Gasteiger partial charge in [-0.25, -0.2) is 18.4 Å². The fraction of sp³-hybridized carbons (Fsp3) is 0.286. The Morgan fingerprint density at radius 2 is 1.57 bits per heavy atom. The number of benzene rings is 2. The van der Waals surface area contributed by atoms with Crippen LogP contribution in [0.4, 0.5) is 8.78 Å². The van der Waals surface area contributed by atoms with Gasteiger partial charge in [0.2, 0.25) is 5.82 Å². The van der Waals surface area contributed by atoms with E-state index in [1.165, 1.54) is 28.9 Å². The highest BCUT2D eigenvalue weighted by Gasteiger charge is 2.38. The lowest BCUT2D eigenvalue weighted by Gasteiger charge is -2.30. The van der Waals surface area contributed by atoms with Gasteiger partial charge in [0, 0.05) is 0 Å². The molecule has 0 unspecified atom stereocenters. The summed E-state index contributed by atoms with van der Waals surface area (Å²) >= 11 is 0. The van der Waals surface area contributed by atoms with Gasteiger partial charge in [-0.2, -0.15) is 0 Å². The third-order valence-electron chi connectivity index (χ3n) is 5.25. The summed E-state index contributed by atoms with van der Waals surface area (Å²) < 4.78 is 28.0. The lowest BCUT2D eigenvalue weighted by molar-refractivity contribution is 0.0887. The molecule has 1 saturated carbocycles. The second-order valence-electron chi connectivity index (χ2n) is 7.12. The first-order valence-corrected chi connectivity index (χ1v) is 9.25. The average molecular weight is 382 g/mol. The molecule has 2 aromatic carbocycles. The van der Waals surface area contributed by atoms with Crippen molar-refractivity contribution in [1.29, 1.82) is 0 Å². The molecule has 0 aliphatic heterocycles. The van der Waals surface area contributed by atoms with Crippen LogP contribution in [-0.4, -0.2) is 20.7 Å². The van der Waals surface area contributed by atoms with Gasteiger partial charge in [-0.15, -0.1) is 5.10 Å². The van der Waals surface area contributed by atoms with Crippen LogP contribution in [-0.2, 0) is 5.54 Å². The first kappa shape index (κ1) is 18.3. The predicted molar refractivity (Wildman–Crippen MR) is 100 cm³/mol. The molecule has 144 valence electrons. The molecule has 1 heterocycles. The summed E-state index contributed by atoms with van der Waals surface area (Å²) in [5.74, 6) is -0.454. The number of nitrogens with one attached hydrogen (secondary N) is 1. The monoisotopic (exact) mass is 382 g/mol. The molecule has 7 heteroatoms. The zero-order valence-corrected chi connectivity index (χ0v) is 15.5. The van der Waals surface area contributed by atoms with E-state index in [1.54, 1.807) is 31.2 Å². The first-order chi connectivity index (χ1) is 13.5.